The number of halogens is 1. The van der Waals surface area contributed by atoms with E-state index in [-0.39, 0.29) is 16.6 Å². The Hall–Kier alpha value is -1.33. The number of aromatic nitrogens is 2. The van der Waals surface area contributed by atoms with Crippen LogP contribution in [0.15, 0.2) is 23.6 Å². The molecule has 2 rings (SSSR count). The summed E-state index contributed by atoms with van der Waals surface area (Å²) in [5.41, 5.74) is 0.141. The van der Waals surface area contributed by atoms with Crippen molar-refractivity contribution in [1.82, 2.24) is 9.78 Å². The van der Waals surface area contributed by atoms with Crippen LogP contribution in [0.25, 0.3) is 0 Å². The summed E-state index contributed by atoms with van der Waals surface area (Å²) in [7, 11) is 0. The lowest BCUT2D eigenvalue weighted by Crippen LogP contribution is -2.34. The van der Waals surface area contributed by atoms with Gasteiger partial charge in [0.1, 0.15) is 5.02 Å². The Labute approximate surface area is 123 Å². The molecule has 6 heteroatoms. The molecule has 2 atom stereocenters. The van der Waals surface area contributed by atoms with E-state index in [0.29, 0.717) is 12.2 Å². The molecule has 0 aromatic carbocycles. The number of allylic oxidation sites excluding steroid dienone is 1. The van der Waals surface area contributed by atoms with Gasteiger partial charge < -0.3 is 10.4 Å². The standard InChI is InChI=1S/C14H20ClN3O2/c1-2-8-18-14(20)13(15)11(9-16-18)17-10-6-4-3-5-7-12(10)19/h2,9-10,12,17,19H,1,3-8H2. The normalized spacial score (nSPS) is 23.1. The predicted molar refractivity (Wildman–Crippen MR) is 80.2 cm³/mol. The Kier molecular flexibility index (Phi) is 5.20. The first-order valence-electron chi connectivity index (χ1n) is 6.94. The number of aliphatic hydroxyl groups is 1. The van der Waals surface area contributed by atoms with Crippen LogP contribution in [0.1, 0.15) is 32.1 Å². The molecule has 20 heavy (non-hydrogen) atoms. The molecule has 2 N–H and O–H groups in total. The van der Waals surface area contributed by atoms with Gasteiger partial charge in [0.15, 0.2) is 0 Å². The van der Waals surface area contributed by atoms with E-state index in [2.05, 4.69) is 17.0 Å². The number of aliphatic hydroxyl groups excluding tert-OH is 1. The second-order valence-electron chi connectivity index (χ2n) is 5.10. The fourth-order valence-corrected chi connectivity index (χ4v) is 2.68. The number of nitrogens with one attached hydrogen (secondary N) is 1. The quantitative estimate of drug-likeness (QED) is 0.660. The molecular weight excluding hydrogens is 278 g/mol. The summed E-state index contributed by atoms with van der Waals surface area (Å²) < 4.78 is 1.25. The van der Waals surface area contributed by atoms with Crippen LogP contribution in [0.2, 0.25) is 5.02 Å². The summed E-state index contributed by atoms with van der Waals surface area (Å²) in [5, 5.41) is 17.4. The maximum atomic E-state index is 12.0. The van der Waals surface area contributed by atoms with Crippen molar-refractivity contribution in [2.75, 3.05) is 5.32 Å². The van der Waals surface area contributed by atoms with Crippen LogP contribution in [-0.4, -0.2) is 27.0 Å². The van der Waals surface area contributed by atoms with E-state index in [1.54, 1.807) is 6.08 Å². The van der Waals surface area contributed by atoms with Crippen molar-refractivity contribution >= 4 is 17.3 Å². The van der Waals surface area contributed by atoms with Crippen molar-refractivity contribution in [3.63, 3.8) is 0 Å². The highest BCUT2D eigenvalue weighted by molar-refractivity contribution is 6.32. The number of hydrogen-bond donors (Lipinski definition) is 2. The summed E-state index contributed by atoms with van der Waals surface area (Å²) in [4.78, 5) is 12.0. The van der Waals surface area contributed by atoms with Gasteiger partial charge in [-0.15, -0.1) is 6.58 Å². The minimum Gasteiger partial charge on any atom is -0.391 e. The van der Waals surface area contributed by atoms with E-state index in [9.17, 15) is 9.90 Å². The summed E-state index contributed by atoms with van der Waals surface area (Å²) >= 11 is 6.09. The van der Waals surface area contributed by atoms with Crippen LogP contribution >= 0.6 is 11.6 Å². The number of nitrogens with zero attached hydrogens (tertiary/aromatic N) is 2. The molecule has 5 nitrogen and oxygen atoms in total. The van der Waals surface area contributed by atoms with Crippen molar-refractivity contribution < 1.29 is 5.11 Å². The zero-order valence-electron chi connectivity index (χ0n) is 11.4. The van der Waals surface area contributed by atoms with E-state index < -0.39 is 6.10 Å². The highest BCUT2D eigenvalue weighted by Crippen LogP contribution is 2.24. The Morgan fingerprint density at radius 2 is 2.25 bits per heavy atom. The topological polar surface area (TPSA) is 67.2 Å². The van der Waals surface area contributed by atoms with Gasteiger partial charge in [-0.2, -0.15) is 5.10 Å². The summed E-state index contributed by atoms with van der Waals surface area (Å²) in [6.07, 6.45) is 7.58. The first-order valence-corrected chi connectivity index (χ1v) is 7.32. The second kappa shape index (κ2) is 6.90. The first kappa shape index (κ1) is 15.1. The van der Waals surface area contributed by atoms with Crippen molar-refractivity contribution in [2.45, 2.75) is 50.8 Å². The van der Waals surface area contributed by atoms with Crippen molar-refractivity contribution in [1.29, 1.82) is 0 Å². The monoisotopic (exact) mass is 297 g/mol. The Morgan fingerprint density at radius 1 is 1.50 bits per heavy atom. The first-order chi connectivity index (χ1) is 9.63. The van der Waals surface area contributed by atoms with Crippen LogP contribution in [0.4, 0.5) is 5.69 Å². The van der Waals surface area contributed by atoms with Gasteiger partial charge in [0.05, 0.1) is 30.6 Å². The molecule has 110 valence electrons. The molecule has 0 amide bonds. The average Bonchev–Trinajstić information content (AvgIpc) is 2.64. The molecule has 0 bridgehead atoms. The zero-order valence-corrected chi connectivity index (χ0v) is 12.1. The van der Waals surface area contributed by atoms with Gasteiger partial charge in [0.2, 0.25) is 0 Å². The van der Waals surface area contributed by atoms with Crippen LogP contribution in [0.5, 0.6) is 0 Å². The Balaban J connectivity index is 2.18. The van der Waals surface area contributed by atoms with Gasteiger partial charge in [-0.25, -0.2) is 4.68 Å². The Morgan fingerprint density at radius 3 is 3.00 bits per heavy atom. The number of rotatable bonds is 4. The van der Waals surface area contributed by atoms with Gasteiger partial charge in [0, 0.05) is 0 Å². The predicted octanol–water partition coefficient (Wildman–Crippen LogP) is 2.19. The summed E-state index contributed by atoms with van der Waals surface area (Å²) in [6, 6.07) is -0.0774. The molecule has 1 fully saturated rings. The van der Waals surface area contributed by atoms with Gasteiger partial charge in [-0.1, -0.05) is 36.9 Å². The summed E-state index contributed by atoms with van der Waals surface area (Å²) in [5.74, 6) is 0. The SMILES string of the molecule is C=CCn1ncc(NC2CCCCCC2O)c(Cl)c1=O. The smallest absolute Gasteiger partial charge is 0.287 e. The molecule has 1 aromatic rings. The minimum absolute atomic E-state index is 0.0774. The van der Waals surface area contributed by atoms with Gasteiger partial charge in [0.25, 0.3) is 5.56 Å². The lowest BCUT2D eigenvalue weighted by atomic mass is 10.1. The van der Waals surface area contributed by atoms with E-state index in [1.165, 1.54) is 10.9 Å². The molecule has 1 saturated carbocycles. The summed E-state index contributed by atoms with van der Waals surface area (Å²) in [6.45, 7) is 3.90. The molecule has 0 aliphatic heterocycles. The molecule has 1 aliphatic carbocycles. The molecular formula is C14H20ClN3O2. The lowest BCUT2D eigenvalue weighted by Gasteiger charge is -2.23. The van der Waals surface area contributed by atoms with Crippen LogP contribution in [-0.2, 0) is 6.54 Å². The van der Waals surface area contributed by atoms with E-state index in [1.807, 2.05) is 0 Å². The molecule has 1 aromatic heterocycles. The van der Waals surface area contributed by atoms with Crippen molar-refractivity contribution in [3.05, 3.63) is 34.2 Å². The highest BCUT2D eigenvalue weighted by Gasteiger charge is 2.22. The third-order valence-electron chi connectivity index (χ3n) is 3.61. The van der Waals surface area contributed by atoms with E-state index in [4.69, 9.17) is 11.6 Å². The fraction of sp³-hybridized carbons (Fsp3) is 0.571. The number of anilines is 1. The van der Waals surface area contributed by atoms with Gasteiger partial charge in [-0.05, 0) is 12.8 Å². The molecule has 1 aliphatic rings. The van der Waals surface area contributed by atoms with Gasteiger partial charge >= 0.3 is 0 Å². The van der Waals surface area contributed by atoms with Crippen LogP contribution < -0.4 is 10.9 Å². The lowest BCUT2D eigenvalue weighted by molar-refractivity contribution is 0.144. The molecule has 2 unspecified atom stereocenters. The largest absolute Gasteiger partial charge is 0.391 e. The van der Waals surface area contributed by atoms with Crippen molar-refractivity contribution in [2.24, 2.45) is 0 Å². The van der Waals surface area contributed by atoms with Gasteiger partial charge in [-0.3, -0.25) is 4.79 Å². The highest BCUT2D eigenvalue weighted by atomic mass is 35.5. The number of hydrogen-bond acceptors (Lipinski definition) is 4. The molecule has 0 saturated heterocycles. The maximum Gasteiger partial charge on any atom is 0.287 e. The molecule has 0 spiro atoms. The Bertz CT molecular complexity index is 530. The third-order valence-corrected chi connectivity index (χ3v) is 3.97. The molecule has 0 radical (unpaired) electrons. The van der Waals surface area contributed by atoms with E-state index in [0.717, 1.165) is 32.1 Å². The minimum atomic E-state index is -0.413. The second-order valence-corrected chi connectivity index (χ2v) is 5.48. The zero-order chi connectivity index (χ0) is 14.5. The fourth-order valence-electron chi connectivity index (χ4n) is 2.47. The van der Waals surface area contributed by atoms with Crippen LogP contribution in [0.3, 0.4) is 0 Å². The van der Waals surface area contributed by atoms with E-state index >= 15 is 0 Å². The molecule has 1 heterocycles. The van der Waals surface area contributed by atoms with Crippen molar-refractivity contribution in [3.8, 4) is 0 Å². The van der Waals surface area contributed by atoms with Crippen LogP contribution in [0, 0.1) is 0 Å². The third kappa shape index (κ3) is 3.41. The maximum absolute atomic E-state index is 12.0. The average molecular weight is 298 g/mol.